The van der Waals surface area contributed by atoms with Gasteiger partial charge >= 0.3 is 5.69 Å². The predicted molar refractivity (Wildman–Crippen MR) is 117 cm³/mol. The molecular weight excluding hydrogens is 420 g/mol. The van der Waals surface area contributed by atoms with E-state index in [9.17, 15) is 22.8 Å². The second-order valence-corrected chi connectivity index (χ2v) is 10.6. The van der Waals surface area contributed by atoms with E-state index in [2.05, 4.69) is 4.98 Å². The van der Waals surface area contributed by atoms with Gasteiger partial charge in [0.15, 0.2) is 0 Å². The third-order valence-electron chi connectivity index (χ3n) is 6.55. The Morgan fingerprint density at radius 2 is 1.68 bits per heavy atom. The number of carbonyl (C=O) groups is 1. The Kier molecular flexibility index (Phi) is 6.02. The normalized spacial score (nSPS) is 23.2. The summed E-state index contributed by atoms with van der Waals surface area (Å²) in [6, 6.07) is 6.98. The monoisotopic (exact) mass is 448 g/mol. The molecule has 0 spiro atoms. The zero-order chi connectivity index (χ0) is 22.2. The molecule has 10 heteroatoms. The number of nitrogens with zero attached hydrogens (tertiary/aromatic N) is 3. The van der Waals surface area contributed by atoms with Crippen LogP contribution in [-0.4, -0.2) is 65.5 Å². The Bertz CT molecular complexity index is 1190. The first-order valence-corrected chi connectivity index (χ1v) is 12.5. The molecular formula is C21H28N4O5S. The summed E-state index contributed by atoms with van der Waals surface area (Å²) in [5.41, 5.74) is -0.133. The van der Waals surface area contributed by atoms with Crippen LogP contribution in [0.3, 0.4) is 0 Å². The zero-order valence-electron chi connectivity index (χ0n) is 17.6. The molecule has 1 saturated heterocycles. The van der Waals surface area contributed by atoms with Crippen LogP contribution < -0.4 is 11.2 Å². The number of hydrogen-bond donors (Lipinski definition) is 1. The van der Waals surface area contributed by atoms with E-state index in [1.165, 1.54) is 15.1 Å². The van der Waals surface area contributed by atoms with Crippen molar-refractivity contribution in [2.75, 3.05) is 32.4 Å². The fraction of sp³-hybridized carbons (Fsp3) is 0.571. The van der Waals surface area contributed by atoms with E-state index in [4.69, 9.17) is 0 Å². The summed E-state index contributed by atoms with van der Waals surface area (Å²) in [6.45, 7) is 1.88. The summed E-state index contributed by atoms with van der Waals surface area (Å²) >= 11 is 0. The molecule has 0 unspecified atom stereocenters. The molecule has 1 aromatic carbocycles. The number of aromatic nitrogens is 2. The molecule has 2 aromatic rings. The number of hydrogen-bond acceptors (Lipinski definition) is 5. The maximum atomic E-state index is 12.9. The van der Waals surface area contributed by atoms with E-state index in [0.29, 0.717) is 43.6 Å². The van der Waals surface area contributed by atoms with Crippen molar-refractivity contribution in [1.82, 2.24) is 18.8 Å². The number of carbonyl (C=O) groups excluding carboxylic acids is 1. The van der Waals surface area contributed by atoms with Crippen LogP contribution in [0.1, 0.15) is 25.7 Å². The number of benzene rings is 1. The summed E-state index contributed by atoms with van der Waals surface area (Å²) in [6.07, 6.45) is 4.18. The van der Waals surface area contributed by atoms with Gasteiger partial charge in [0.25, 0.3) is 5.56 Å². The average Bonchev–Trinajstić information content (AvgIpc) is 2.76. The molecule has 1 aromatic heterocycles. The first-order chi connectivity index (χ1) is 14.7. The van der Waals surface area contributed by atoms with Gasteiger partial charge in [0, 0.05) is 38.6 Å². The molecule has 2 aliphatic rings. The number of piperazine rings is 1. The van der Waals surface area contributed by atoms with Gasteiger partial charge in [-0.2, -0.15) is 4.31 Å². The summed E-state index contributed by atoms with van der Waals surface area (Å²) in [5, 5.41) is 0.499. The number of amides is 1. The zero-order valence-corrected chi connectivity index (χ0v) is 18.4. The molecule has 9 nitrogen and oxygen atoms in total. The molecule has 2 heterocycles. The predicted octanol–water partition coefficient (Wildman–Crippen LogP) is 0.600. The SMILES string of the molecule is CS(=O)(=O)N1CCN(C(=O)C2CCC(Cn3c(=O)[nH]c4ccccc4c3=O)CC2)CC1. The van der Waals surface area contributed by atoms with E-state index in [-0.39, 0.29) is 23.3 Å². The van der Waals surface area contributed by atoms with Crippen LogP contribution in [0.25, 0.3) is 10.9 Å². The number of H-pyrrole nitrogens is 1. The molecule has 0 radical (unpaired) electrons. The molecule has 1 saturated carbocycles. The third kappa shape index (κ3) is 4.59. The summed E-state index contributed by atoms with van der Waals surface area (Å²) in [5.74, 6) is 0.186. The molecule has 1 aliphatic carbocycles. The first-order valence-electron chi connectivity index (χ1n) is 10.7. The van der Waals surface area contributed by atoms with Crippen molar-refractivity contribution in [2.45, 2.75) is 32.2 Å². The minimum absolute atomic E-state index is 0.0763. The van der Waals surface area contributed by atoms with Crippen molar-refractivity contribution in [1.29, 1.82) is 0 Å². The number of rotatable bonds is 4. The highest BCUT2D eigenvalue weighted by molar-refractivity contribution is 7.88. The van der Waals surface area contributed by atoms with Crippen LogP contribution in [0, 0.1) is 11.8 Å². The summed E-state index contributed by atoms with van der Waals surface area (Å²) < 4.78 is 26.0. The Labute approximate surface area is 180 Å². The van der Waals surface area contributed by atoms with Crippen LogP contribution in [0.15, 0.2) is 33.9 Å². The Morgan fingerprint density at radius 1 is 1.03 bits per heavy atom. The lowest BCUT2D eigenvalue weighted by atomic mass is 9.81. The Hall–Kier alpha value is -2.46. The van der Waals surface area contributed by atoms with Crippen molar-refractivity contribution < 1.29 is 13.2 Å². The van der Waals surface area contributed by atoms with E-state index >= 15 is 0 Å². The molecule has 0 bridgehead atoms. The lowest BCUT2D eigenvalue weighted by molar-refractivity contribution is -0.138. The Morgan fingerprint density at radius 3 is 2.32 bits per heavy atom. The lowest BCUT2D eigenvalue weighted by Crippen LogP contribution is -2.52. The van der Waals surface area contributed by atoms with Crippen LogP contribution in [0.4, 0.5) is 0 Å². The lowest BCUT2D eigenvalue weighted by Gasteiger charge is -2.37. The molecule has 1 N–H and O–H groups in total. The topological polar surface area (TPSA) is 113 Å². The minimum atomic E-state index is -3.22. The van der Waals surface area contributed by atoms with E-state index in [1.807, 2.05) is 0 Å². The number of aromatic amines is 1. The minimum Gasteiger partial charge on any atom is -0.340 e. The fourth-order valence-electron chi connectivity index (χ4n) is 4.71. The average molecular weight is 449 g/mol. The highest BCUT2D eigenvalue weighted by Gasteiger charge is 2.32. The number of sulfonamides is 1. The summed E-state index contributed by atoms with van der Waals surface area (Å²) in [7, 11) is -3.22. The van der Waals surface area contributed by atoms with Crippen molar-refractivity contribution in [3.05, 3.63) is 45.1 Å². The highest BCUT2D eigenvalue weighted by Crippen LogP contribution is 2.31. The Balaban J connectivity index is 1.35. The van der Waals surface area contributed by atoms with Crippen LogP contribution in [0.2, 0.25) is 0 Å². The molecule has 168 valence electrons. The van der Waals surface area contributed by atoms with Crippen LogP contribution in [-0.2, 0) is 21.4 Å². The number of nitrogens with one attached hydrogen (secondary N) is 1. The number of fused-ring (bicyclic) bond motifs is 1. The molecule has 1 aliphatic heterocycles. The second-order valence-electron chi connectivity index (χ2n) is 8.60. The smallest absolute Gasteiger partial charge is 0.328 e. The maximum Gasteiger partial charge on any atom is 0.328 e. The quantitative estimate of drug-likeness (QED) is 0.736. The van der Waals surface area contributed by atoms with Gasteiger partial charge < -0.3 is 9.88 Å². The van der Waals surface area contributed by atoms with Gasteiger partial charge in [-0.05, 0) is 43.7 Å². The van der Waals surface area contributed by atoms with Gasteiger partial charge in [-0.3, -0.25) is 14.2 Å². The van der Waals surface area contributed by atoms with Gasteiger partial charge in [-0.25, -0.2) is 13.2 Å². The van der Waals surface area contributed by atoms with Gasteiger partial charge in [-0.15, -0.1) is 0 Å². The standard InChI is InChI=1S/C21H28N4O5S/c1-31(29,30)24-12-10-23(11-13-24)19(26)16-8-6-15(7-9-16)14-25-20(27)17-4-2-3-5-18(17)22-21(25)28/h2-5,15-16H,6-14H2,1H3,(H,22,28). The van der Waals surface area contributed by atoms with Gasteiger partial charge in [0.2, 0.25) is 15.9 Å². The largest absolute Gasteiger partial charge is 0.340 e. The number of para-hydroxylation sites is 1. The van der Waals surface area contributed by atoms with Crippen molar-refractivity contribution in [3.63, 3.8) is 0 Å². The van der Waals surface area contributed by atoms with Gasteiger partial charge in [-0.1, -0.05) is 12.1 Å². The van der Waals surface area contributed by atoms with Crippen molar-refractivity contribution in [3.8, 4) is 0 Å². The first kappa shape index (κ1) is 21.8. The molecule has 2 fully saturated rings. The fourth-order valence-corrected chi connectivity index (χ4v) is 5.54. The van der Waals surface area contributed by atoms with E-state index < -0.39 is 15.7 Å². The van der Waals surface area contributed by atoms with Crippen LogP contribution in [0.5, 0.6) is 0 Å². The molecule has 4 rings (SSSR count). The molecule has 1 amide bonds. The second kappa shape index (κ2) is 8.58. The van der Waals surface area contributed by atoms with Crippen molar-refractivity contribution >= 4 is 26.8 Å². The van der Waals surface area contributed by atoms with Gasteiger partial charge in [0.05, 0.1) is 17.2 Å². The van der Waals surface area contributed by atoms with Crippen LogP contribution >= 0.6 is 0 Å². The molecule has 31 heavy (non-hydrogen) atoms. The van der Waals surface area contributed by atoms with Crippen molar-refractivity contribution in [2.24, 2.45) is 11.8 Å². The third-order valence-corrected chi connectivity index (χ3v) is 7.85. The van der Waals surface area contributed by atoms with Gasteiger partial charge in [0.1, 0.15) is 0 Å². The summed E-state index contributed by atoms with van der Waals surface area (Å²) in [4.78, 5) is 42.6. The maximum absolute atomic E-state index is 12.9. The van der Waals surface area contributed by atoms with E-state index in [1.54, 1.807) is 29.2 Å². The molecule has 0 atom stereocenters. The highest BCUT2D eigenvalue weighted by atomic mass is 32.2. The van der Waals surface area contributed by atoms with E-state index in [0.717, 1.165) is 25.7 Å².